The predicted molar refractivity (Wildman–Crippen MR) is 114 cm³/mol. The molecule has 1 aliphatic rings. The fourth-order valence-corrected chi connectivity index (χ4v) is 4.03. The Labute approximate surface area is 170 Å². The fraction of sp³-hybridized carbons (Fsp3) is 0.333. The molecule has 29 heavy (non-hydrogen) atoms. The van der Waals surface area contributed by atoms with Crippen molar-refractivity contribution in [2.75, 3.05) is 26.2 Å². The Balaban J connectivity index is 1.60. The number of aromatic nitrogens is 1. The average molecular weight is 391 g/mol. The van der Waals surface area contributed by atoms with Gasteiger partial charge < -0.3 is 10.2 Å². The molecule has 1 saturated heterocycles. The van der Waals surface area contributed by atoms with Gasteiger partial charge in [0.1, 0.15) is 5.82 Å². The van der Waals surface area contributed by atoms with Crippen LogP contribution in [0, 0.1) is 12.7 Å². The lowest BCUT2D eigenvalue weighted by Crippen LogP contribution is -2.37. The Morgan fingerprint density at radius 3 is 2.62 bits per heavy atom. The zero-order chi connectivity index (χ0) is 20.2. The number of carbonyl (C=O) groups is 1. The Bertz CT molecular complexity index is 1010. The van der Waals surface area contributed by atoms with Crippen LogP contribution in [0.1, 0.15) is 35.3 Å². The van der Waals surface area contributed by atoms with Gasteiger partial charge in [0, 0.05) is 29.7 Å². The molecule has 4 nitrogen and oxygen atoms in total. The van der Waals surface area contributed by atoms with Crippen molar-refractivity contribution < 1.29 is 9.18 Å². The van der Waals surface area contributed by atoms with Gasteiger partial charge in [-0.15, -0.1) is 0 Å². The van der Waals surface area contributed by atoms with Crippen molar-refractivity contribution in [3.05, 3.63) is 65.6 Å². The molecule has 3 aromatic rings. The van der Waals surface area contributed by atoms with E-state index in [9.17, 15) is 9.18 Å². The van der Waals surface area contributed by atoms with Crippen LogP contribution < -0.4 is 5.32 Å². The highest BCUT2D eigenvalue weighted by Crippen LogP contribution is 2.29. The number of likely N-dealkylation sites (tertiary alicyclic amines) is 1. The molecule has 0 unspecified atom stereocenters. The van der Waals surface area contributed by atoms with E-state index in [1.165, 1.54) is 31.4 Å². The largest absolute Gasteiger partial charge is 0.351 e. The van der Waals surface area contributed by atoms with Crippen LogP contribution >= 0.6 is 0 Å². The lowest BCUT2D eigenvalue weighted by atomic mass is 9.98. The van der Waals surface area contributed by atoms with Crippen LogP contribution in [-0.2, 0) is 0 Å². The van der Waals surface area contributed by atoms with Gasteiger partial charge in [0.2, 0.25) is 0 Å². The number of rotatable bonds is 5. The maximum atomic E-state index is 13.3. The normalized spacial score (nSPS) is 14.8. The lowest BCUT2D eigenvalue weighted by Gasteiger charge is -2.26. The number of halogens is 1. The van der Waals surface area contributed by atoms with Crippen molar-refractivity contribution in [2.45, 2.75) is 26.2 Å². The van der Waals surface area contributed by atoms with E-state index in [0.29, 0.717) is 12.1 Å². The zero-order valence-electron chi connectivity index (χ0n) is 16.7. The van der Waals surface area contributed by atoms with E-state index in [4.69, 9.17) is 0 Å². The molecule has 2 aromatic carbocycles. The molecule has 5 heteroatoms. The first-order chi connectivity index (χ1) is 14.1. The van der Waals surface area contributed by atoms with E-state index >= 15 is 0 Å². The van der Waals surface area contributed by atoms with Crippen molar-refractivity contribution in [1.29, 1.82) is 0 Å². The summed E-state index contributed by atoms with van der Waals surface area (Å²) in [6.45, 7) is 5.65. The zero-order valence-corrected chi connectivity index (χ0v) is 16.7. The topological polar surface area (TPSA) is 45.2 Å². The van der Waals surface area contributed by atoms with E-state index in [2.05, 4.69) is 15.2 Å². The van der Waals surface area contributed by atoms with Gasteiger partial charge >= 0.3 is 0 Å². The Kier molecular flexibility index (Phi) is 5.86. The molecule has 1 aliphatic heterocycles. The van der Waals surface area contributed by atoms with Crippen molar-refractivity contribution in [1.82, 2.24) is 15.2 Å². The number of nitrogens with zero attached hydrogens (tertiary/aromatic N) is 2. The van der Waals surface area contributed by atoms with Gasteiger partial charge in [-0.2, -0.15) is 0 Å². The third kappa shape index (κ3) is 4.46. The minimum Gasteiger partial charge on any atom is -0.351 e. The van der Waals surface area contributed by atoms with Crippen LogP contribution in [0.25, 0.3) is 22.0 Å². The molecule has 2 heterocycles. The molecule has 1 amide bonds. The van der Waals surface area contributed by atoms with Gasteiger partial charge in [-0.1, -0.05) is 36.8 Å². The Morgan fingerprint density at radius 1 is 1.10 bits per heavy atom. The summed E-state index contributed by atoms with van der Waals surface area (Å²) in [4.78, 5) is 20.0. The molecule has 0 aliphatic carbocycles. The molecule has 150 valence electrons. The average Bonchev–Trinajstić information content (AvgIpc) is 2.74. The van der Waals surface area contributed by atoms with Gasteiger partial charge in [0.05, 0.1) is 11.1 Å². The number of benzene rings is 2. The molecule has 1 fully saturated rings. The summed E-state index contributed by atoms with van der Waals surface area (Å²) >= 11 is 0. The van der Waals surface area contributed by atoms with Crippen LogP contribution in [0.5, 0.6) is 0 Å². The van der Waals surface area contributed by atoms with Crippen LogP contribution in [0.4, 0.5) is 4.39 Å². The molecule has 1 aromatic heterocycles. The second-order valence-corrected chi connectivity index (χ2v) is 7.68. The molecule has 0 saturated carbocycles. The highest BCUT2D eigenvalue weighted by Gasteiger charge is 2.16. The molecule has 0 spiro atoms. The summed E-state index contributed by atoms with van der Waals surface area (Å²) in [5.41, 5.74) is 3.96. The number of para-hydroxylation sites is 1. The van der Waals surface area contributed by atoms with Crippen molar-refractivity contribution in [3.63, 3.8) is 0 Å². The summed E-state index contributed by atoms with van der Waals surface area (Å²) in [5, 5.41) is 3.89. The molecular formula is C24H26FN3O. The van der Waals surface area contributed by atoms with Gasteiger partial charge in [-0.3, -0.25) is 9.78 Å². The number of fused-ring (bicyclic) bond motifs is 1. The quantitative estimate of drug-likeness (QED) is 0.693. The Morgan fingerprint density at radius 2 is 1.86 bits per heavy atom. The molecule has 0 radical (unpaired) electrons. The molecule has 0 bridgehead atoms. The van der Waals surface area contributed by atoms with Crippen LogP contribution in [0.15, 0.2) is 48.5 Å². The number of aryl methyl sites for hydroxylation is 1. The first-order valence-electron chi connectivity index (χ1n) is 10.3. The van der Waals surface area contributed by atoms with E-state index < -0.39 is 0 Å². The van der Waals surface area contributed by atoms with E-state index in [0.717, 1.165) is 47.4 Å². The van der Waals surface area contributed by atoms with Gasteiger partial charge in [0.15, 0.2) is 0 Å². The van der Waals surface area contributed by atoms with Crippen molar-refractivity contribution >= 4 is 16.8 Å². The monoisotopic (exact) mass is 391 g/mol. The van der Waals surface area contributed by atoms with E-state index in [1.807, 2.05) is 31.2 Å². The lowest BCUT2D eigenvalue weighted by molar-refractivity contribution is 0.0948. The number of amides is 1. The molecule has 4 rings (SSSR count). The van der Waals surface area contributed by atoms with Crippen LogP contribution in [0.3, 0.4) is 0 Å². The van der Waals surface area contributed by atoms with E-state index in [-0.39, 0.29) is 11.7 Å². The van der Waals surface area contributed by atoms with Crippen LogP contribution in [-0.4, -0.2) is 42.0 Å². The summed E-state index contributed by atoms with van der Waals surface area (Å²) in [6, 6.07) is 14.0. The predicted octanol–water partition coefficient (Wildman–Crippen LogP) is 4.57. The van der Waals surface area contributed by atoms with Crippen LogP contribution in [0.2, 0.25) is 0 Å². The highest BCUT2D eigenvalue weighted by atomic mass is 19.1. The first-order valence-corrected chi connectivity index (χ1v) is 10.3. The highest BCUT2D eigenvalue weighted by molar-refractivity contribution is 6.09. The summed E-state index contributed by atoms with van der Waals surface area (Å²) in [6.07, 6.45) is 3.80. The maximum Gasteiger partial charge on any atom is 0.252 e. The van der Waals surface area contributed by atoms with Gasteiger partial charge in [0.25, 0.3) is 5.91 Å². The number of pyridine rings is 1. The molecule has 1 N–H and O–H groups in total. The van der Waals surface area contributed by atoms with Crippen molar-refractivity contribution in [2.24, 2.45) is 0 Å². The molecular weight excluding hydrogens is 365 g/mol. The summed E-state index contributed by atoms with van der Waals surface area (Å²) < 4.78 is 13.3. The minimum atomic E-state index is -0.271. The molecule has 0 atom stereocenters. The maximum absolute atomic E-state index is 13.3. The summed E-state index contributed by atoms with van der Waals surface area (Å²) in [7, 11) is 0. The number of piperidine rings is 1. The second kappa shape index (κ2) is 8.70. The number of carbonyl (C=O) groups excluding carboxylic acids is 1. The Hall–Kier alpha value is -2.79. The smallest absolute Gasteiger partial charge is 0.252 e. The number of hydrogen-bond donors (Lipinski definition) is 1. The number of nitrogens with one attached hydrogen (secondary N) is 1. The second-order valence-electron chi connectivity index (χ2n) is 7.68. The fourth-order valence-electron chi connectivity index (χ4n) is 4.03. The minimum absolute atomic E-state index is 0.0752. The SMILES string of the molecule is Cc1cc(C(=O)NCCN2CCCCC2)c2cccc(-c3ccc(F)cc3)c2n1. The van der Waals surface area contributed by atoms with Gasteiger partial charge in [-0.25, -0.2) is 4.39 Å². The third-order valence-corrected chi connectivity index (χ3v) is 5.53. The summed E-state index contributed by atoms with van der Waals surface area (Å²) in [5.74, 6) is -0.347. The first kappa shape index (κ1) is 19.5. The van der Waals surface area contributed by atoms with E-state index in [1.54, 1.807) is 12.1 Å². The third-order valence-electron chi connectivity index (χ3n) is 5.53. The standard InChI is InChI=1S/C24H26FN3O/c1-17-16-22(24(29)26-12-15-28-13-3-2-4-14-28)21-7-5-6-20(23(21)27-17)18-8-10-19(25)11-9-18/h5-11,16H,2-4,12-15H2,1H3,(H,26,29). The number of hydrogen-bond acceptors (Lipinski definition) is 3. The van der Waals surface area contributed by atoms with Crippen molar-refractivity contribution in [3.8, 4) is 11.1 Å². The van der Waals surface area contributed by atoms with Gasteiger partial charge in [-0.05, 0) is 56.6 Å².